The van der Waals surface area contributed by atoms with Crippen molar-refractivity contribution in [1.29, 1.82) is 0 Å². The molecule has 0 spiro atoms. The first kappa shape index (κ1) is 15.9. The van der Waals surface area contributed by atoms with Crippen LogP contribution in [0.1, 0.15) is 47.5 Å². The first-order chi connectivity index (χ1) is 7.08. The molecule has 1 nitrogen and oxygen atoms in total. The lowest BCUT2D eigenvalue weighted by molar-refractivity contribution is 0.111. The average molecular weight is 242 g/mol. The third-order valence-electron chi connectivity index (χ3n) is 2.43. The van der Waals surface area contributed by atoms with Crippen LogP contribution < -0.4 is 0 Å². The van der Waals surface area contributed by atoms with Crippen molar-refractivity contribution in [2.45, 2.75) is 73.2 Å². The maximum atomic E-state index is 6.33. The summed E-state index contributed by atoms with van der Waals surface area (Å²) >= 11 is 0. The van der Waals surface area contributed by atoms with Crippen molar-refractivity contribution >= 4 is 8.32 Å². The zero-order valence-electron chi connectivity index (χ0n) is 12.5. The zero-order chi connectivity index (χ0) is 13.0. The maximum absolute atomic E-state index is 6.33. The Morgan fingerprint density at radius 1 is 1.25 bits per heavy atom. The number of hydrogen-bond acceptors (Lipinski definition) is 1. The second kappa shape index (κ2) is 6.01. The van der Waals surface area contributed by atoms with Gasteiger partial charge < -0.3 is 4.43 Å². The lowest BCUT2D eigenvalue weighted by Crippen LogP contribution is -2.40. The Hall–Kier alpha value is -0.0831. The van der Waals surface area contributed by atoms with E-state index in [0.29, 0.717) is 0 Å². The van der Waals surface area contributed by atoms with Crippen LogP contribution in [0.2, 0.25) is 19.6 Å². The van der Waals surface area contributed by atoms with E-state index in [1.807, 2.05) is 0 Å². The highest BCUT2D eigenvalue weighted by Crippen LogP contribution is 2.30. The van der Waals surface area contributed by atoms with Crippen LogP contribution in [0.25, 0.3) is 0 Å². The second-order valence-corrected chi connectivity index (χ2v) is 11.2. The molecule has 0 rings (SSSR count). The lowest BCUT2D eigenvalue weighted by Gasteiger charge is -2.36. The van der Waals surface area contributed by atoms with Gasteiger partial charge in [0.1, 0.15) is 0 Å². The Bertz CT molecular complexity index is 230. The number of hydrogen-bond donors (Lipinski definition) is 0. The highest BCUT2D eigenvalue weighted by atomic mass is 28.4. The lowest BCUT2D eigenvalue weighted by atomic mass is 9.85. The molecule has 16 heavy (non-hydrogen) atoms. The van der Waals surface area contributed by atoms with Crippen molar-refractivity contribution < 1.29 is 4.43 Å². The molecule has 0 bridgehead atoms. The molecule has 1 atom stereocenters. The Morgan fingerprint density at radius 3 is 2.06 bits per heavy atom. The van der Waals surface area contributed by atoms with Gasteiger partial charge in [-0.2, -0.15) is 0 Å². The van der Waals surface area contributed by atoms with Crippen molar-refractivity contribution in [3.63, 3.8) is 0 Å². The van der Waals surface area contributed by atoms with Gasteiger partial charge in [0.25, 0.3) is 0 Å². The van der Waals surface area contributed by atoms with Crippen LogP contribution in [0.5, 0.6) is 0 Å². The van der Waals surface area contributed by atoms with E-state index >= 15 is 0 Å². The smallest absolute Gasteiger partial charge is 0.184 e. The molecule has 0 radical (unpaired) electrons. The van der Waals surface area contributed by atoms with Gasteiger partial charge in [-0.3, -0.25) is 0 Å². The molecule has 0 saturated heterocycles. The molecule has 2 heteroatoms. The number of allylic oxidation sites excluding steroid dienone is 1. The van der Waals surface area contributed by atoms with Crippen LogP contribution in [0.3, 0.4) is 0 Å². The molecular weight excluding hydrogens is 212 g/mol. The standard InChI is InChI=1S/C14H30OSi/c1-9-10-11-12(2)13(14(3,4)5)15-16(6,7)8/h11,13H,9-10H2,1-8H3/b12-11+. The third kappa shape index (κ3) is 6.49. The van der Waals surface area contributed by atoms with Crippen molar-refractivity contribution in [3.8, 4) is 0 Å². The van der Waals surface area contributed by atoms with Crippen molar-refractivity contribution in [3.05, 3.63) is 11.6 Å². The van der Waals surface area contributed by atoms with Crippen LogP contribution in [0.4, 0.5) is 0 Å². The normalized spacial score (nSPS) is 16.4. The molecule has 0 aliphatic heterocycles. The minimum absolute atomic E-state index is 0.189. The van der Waals surface area contributed by atoms with Gasteiger partial charge in [-0.1, -0.05) is 40.2 Å². The Labute approximate surface area is 103 Å². The van der Waals surface area contributed by atoms with Gasteiger partial charge in [0.2, 0.25) is 0 Å². The van der Waals surface area contributed by atoms with Crippen LogP contribution in [0, 0.1) is 5.41 Å². The Balaban J connectivity index is 4.82. The number of unbranched alkanes of at least 4 members (excludes halogenated alkanes) is 1. The molecule has 0 aromatic heterocycles. The van der Waals surface area contributed by atoms with E-state index in [2.05, 4.69) is 60.3 Å². The number of rotatable bonds is 5. The van der Waals surface area contributed by atoms with Gasteiger partial charge >= 0.3 is 0 Å². The Kier molecular flexibility index (Phi) is 5.98. The van der Waals surface area contributed by atoms with Gasteiger partial charge in [0, 0.05) is 0 Å². The quantitative estimate of drug-likeness (QED) is 0.487. The van der Waals surface area contributed by atoms with E-state index in [-0.39, 0.29) is 11.5 Å². The van der Waals surface area contributed by atoms with Gasteiger partial charge in [-0.05, 0) is 44.0 Å². The molecule has 0 amide bonds. The molecule has 1 unspecified atom stereocenters. The average Bonchev–Trinajstić information content (AvgIpc) is 2.07. The highest BCUT2D eigenvalue weighted by molar-refractivity contribution is 6.69. The molecule has 0 aliphatic rings. The molecule has 0 heterocycles. The predicted molar refractivity (Wildman–Crippen MR) is 76.3 cm³/mol. The second-order valence-electron chi connectivity index (χ2n) is 6.71. The monoisotopic (exact) mass is 242 g/mol. The fraction of sp³-hybridized carbons (Fsp3) is 0.857. The SMILES string of the molecule is CCC/C=C(\C)C(O[Si](C)(C)C)C(C)(C)C. The molecule has 0 fully saturated rings. The molecular formula is C14H30OSi. The fourth-order valence-electron chi connectivity index (χ4n) is 1.79. The largest absolute Gasteiger partial charge is 0.411 e. The summed E-state index contributed by atoms with van der Waals surface area (Å²) in [7, 11) is -1.47. The summed E-state index contributed by atoms with van der Waals surface area (Å²) in [6, 6.07) is 0. The Morgan fingerprint density at radius 2 is 1.75 bits per heavy atom. The van der Waals surface area contributed by atoms with E-state index in [9.17, 15) is 0 Å². The first-order valence-corrected chi connectivity index (χ1v) is 9.83. The zero-order valence-corrected chi connectivity index (χ0v) is 13.5. The van der Waals surface area contributed by atoms with E-state index in [4.69, 9.17) is 4.43 Å². The predicted octanol–water partition coefficient (Wildman–Crippen LogP) is 5.00. The van der Waals surface area contributed by atoms with Crippen molar-refractivity contribution in [2.24, 2.45) is 5.41 Å². The van der Waals surface area contributed by atoms with Gasteiger partial charge in [0.05, 0.1) is 6.10 Å². The summed E-state index contributed by atoms with van der Waals surface area (Å²) < 4.78 is 6.33. The molecule has 0 saturated carbocycles. The van der Waals surface area contributed by atoms with Crippen molar-refractivity contribution in [2.75, 3.05) is 0 Å². The topological polar surface area (TPSA) is 9.23 Å². The van der Waals surface area contributed by atoms with Crippen LogP contribution in [-0.4, -0.2) is 14.4 Å². The maximum Gasteiger partial charge on any atom is 0.184 e. The van der Waals surface area contributed by atoms with Gasteiger partial charge in [-0.25, -0.2) is 0 Å². The van der Waals surface area contributed by atoms with E-state index in [0.717, 1.165) is 6.42 Å². The summed E-state index contributed by atoms with van der Waals surface area (Å²) in [4.78, 5) is 0. The molecule has 96 valence electrons. The minimum Gasteiger partial charge on any atom is -0.411 e. The van der Waals surface area contributed by atoms with Crippen LogP contribution >= 0.6 is 0 Å². The van der Waals surface area contributed by atoms with E-state index in [1.54, 1.807) is 0 Å². The summed E-state index contributed by atoms with van der Waals surface area (Å²) in [5.41, 5.74) is 1.59. The molecule has 0 N–H and O–H groups in total. The summed E-state index contributed by atoms with van der Waals surface area (Å²) in [6.45, 7) is 18.0. The van der Waals surface area contributed by atoms with Gasteiger partial charge in [-0.15, -0.1) is 0 Å². The van der Waals surface area contributed by atoms with Crippen LogP contribution in [-0.2, 0) is 4.43 Å². The first-order valence-electron chi connectivity index (χ1n) is 6.42. The fourth-order valence-corrected chi connectivity index (χ4v) is 3.03. The molecule has 0 aromatic rings. The molecule has 0 aliphatic carbocycles. The summed E-state index contributed by atoms with van der Waals surface area (Å²) in [5.74, 6) is 0. The summed E-state index contributed by atoms with van der Waals surface area (Å²) in [5, 5.41) is 0. The van der Waals surface area contributed by atoms with Gasteiger partial charge in [0.15, 0.2) is 8.32 Å². The molecule has 0 aromatic carbocycles. The van der Waals surface area contributed by atoms with E-state index < -0.39 is 8.32 Å². The highest BCUT2D eigenvalue weighted by Gasteiger charge is 2.31. The van der Waals surface area contributed by atoms with Crippen molar-refractivity contribution in [1.82, 2.24) is 0 Å². The van der Waals surface area contributed by atoms with Crippen LogP contribution in [0.15, 0.2) is 11.6 Å². The van der Waals surface area contributed by atoms with E-state index in [1.165, 1.54) is 12.0 Å². The minimum atomic E-state index is -1.47. The summed E-state index contributed by atoms with van der Waals surface area (Å²) in [6.07, 6.45) is 4.98. The third-order valence-corrected chi connectivity index (χ3v) is 3.37.